The lowest BCUT2D eigenvalue weighted by molar-refractivity contribution is -0.143. The number of halogens is 3. The number of carbonyl (C=O) groups excluding carboxylic acids is 2. The molecule has 0 bridgehead atoms. The van der Waals surface area contributed by atoms with Crippen LogP contribution in [-0.2, 0) is 4.79 Å². The third-order valence-corrected chi connectivity index (χ3v) is 4.20. The largest absolute Gasteiger partial charge is 0.482 e. The summed E-state index contributed by atoms with van der Waals surface area (Å²) in [6, 6.07) is 4.39. The minimum absolute atomic E-state index is 0.00909. The lowest BCUT2D eigenvalue weighted by Crippen LogP contribution is -2.36. The van der Waals surface area contributed by atoms with Crippen LogP contribution >= 0.6 is 0 Å². The highest BCUT2D eigenvalue weighted by molar-refractivity contribution is 5.96. The van der Waals surface area contributed by atoms with Crippen molar-refractivity contribution >= 4 is 23.3 Å². The van der Waals surface area contributed by atoms with Gasteiger partial charge in [-0.25, -0.2) is 4.79 Å². The molecule has 26 heavy (non-hydrogen) atoms. The van der Waals surface area contributed by atoms with Crippen molar-refractivity contribution in [1.29, 1.82) is 0 Å². The summed E-state index contributed by atoms with van der Waals surface area (Å²) < 4.78 is 42.4. The molecule has 1 fully saturated rings. The summed E-state index contributed by atoms with van der Waals surface area (Å²) in [4.78, 5) is 24.5. The minimum Gasteiger partial charge on any atom is -0.482 e. The molecule has 0 radical (unpaired) electrons. The summed E-state index contributed by atoms with van der Waals surface area (Å²) in [6.07, 6.45) is -3.59. The average molecular weight is 372 g/mol. The number of hydrogen-bond acceptors (Lipinski definition) is 4. The van der Waals surface area contributed by atoms with Gasteiger partial charge in [0, 0.05) is 24.8 Å². The second kappa shape index (κ2) is 7.40. The van der Waals surface area contributed by atoms with E-state index < -0.39 is 18.8 Å². The molecule has 2 heterocycles. The van der Waals surface area contributed by atoms with Crippen molar-refractivity contribution < 1.29 is 27.5 Å². The standard InChI is InChI=1S/C16H19F3N4O3/c17-16(18,19)9-23-4-3-10(7-23)6-20-15(25)21-11-1-2-12-13(5-11)26-8-14(24)22-12/h1-2,5,10H,3-4,6-9H2,(H,22,24)(H2,20,21,25). The van der Waals surface area contributed by atoms with E-state index in [1.807, 2.05) is 0 Å². The fourth-order valence-electron chi connectivity index (χ4n) is 3.04. The van der Waals surface area contributed by atoms with Crippen molar-refractivity contribution in [3.63, 3.8) is 0 Å². The summed E-state index contributed by atoms with van der Waals surface area (Å²) in [5.41, 5.74) is 1.02. The summed E-state index contributed by atoms with van der Waals surface area (Å²) in [5, 5.41) is 7.96. The number of alkyl halides is 3. The lowest BCUT2D eigenvalue weighted by atomic mass is 10.1. The van der Waals surface area contributed by atoms with E-state index in [0.29, 0.717) is 43.2 Å². The number of rotatable bonds is 4. The Balaban J connectivity index is 1.44. The topological polar surface area (TPSA) is 82.7 Å². The molecule has 3 amide bonds. The number of anilines is 2. The molecule has 1 saturated heterocycles. The SMILES string of the molecule is O=C1COc2cc(NC(=O)NCC3CCN(CC(F)(F)F)C3)ccc2N1. The number of urea groups is 1. The van der Waals surface area contributed by atoms with Gasteiger partial charge in [-0.05, 0) is 31.0 Å². The number of nitrogens with zero attached hydrogens (tertiary/aromatic N) is 1. The van der Waals surface area contributed by atoms with E-state index >= 15 is 0 Å². The van der Waals surface area contributed by atoms with Crippen molar-refractivity contribution in [3.05, 3.63) is 18.2 Å². The molecule has 1 atom stereocenters. The van der Waals surface area contributed by atoms with Crippen LogP contribution in [0.3, 0.4) is 0 Å². The molecule has 1 aromatic carbocycles. The van der Waals surface area contributed by atoms with E-state index in [4.69, 9.17) is 4.74 Å². The van der Waals surface area contributed by atoms with E-state index in [1.54, 1.807) is 18.2 Å². The highest BCUT2D eigenvalue weighted by Crippen LogP contribution is 2.30. The number of amides is 3. The number of likely N-dealkylation sites (tertiary alicyclic amines) is 1. The third-order valence-electron chi connectivity index (χ3n) is 4.20. The summed E-state index contributed by atoms with van der Waals surface area (Å²) in [5.74, 6) is 0.207. The zero-order chi connectivity index (χ0) is 18.7. The van der Waals surface area contributed by atoms with Crippen molar-refractivity contribution in [2.45, 2.75) is 12.6 Å². The van der Waals surface area contributed by atoms with Gasteiger partial charge in [0.15, 0.2) is 6.61 Å². The molecular weight excluding hydrogens is 353 g/mol. The van der Waals surface area contributed by atoms with Gasteiger partial charge in [-0.1, -0.05) is 0 Å². The van der Waals surface area contributed by atoms with Gasteiger partial charge in [-0.15, -0.1) is 0 Å². The maximum absolute atomic E-state index is 12.4. The van der Waals surface area contributed by atoms with Crippen LogP contribution in [0.25, 0.3) is 0 Å². The Bertz CT molecular complexity index is 696. The van der Waals surface area contributed by atoms with Crippen LogP contribution < -0.4 is 20.7 Å². The first-order chi connectivity index (χ1) is 12.3. The molecule has 2 aliphatic rings. The van der Waals surface area contributed by atoms with E-state index in [2.05, 4.69) is 16.0 Å². The van der Waals surface area contributed by atoms with E-state index in [1.165, 1.54) is 4.90 Å². The smallest absolute Gasteiger partial charge is 0.401 e. The Morgan fingerprint density at radius 3 is 2.96 bits per heavy atom. The first-order valence-corrected chi connectivity index (χ1v) is 8.19. The third kappa shape index (κ3) is 5.01. The number of carbonyl (C=O) groups is 2. The number of fused-ring (bicyclic) bond motifs is 1. The van der Waals surface area contributed by atoms with Crippen molar-refractivity contribution in [3.8, 4) is 5.75 Å². The van der Waals surface area contributed by atoms with Crippen LogP contribution in [0.2, 0.25) is 0 Å². The highest BCUT2D eigenvalue weighted by Gasteiger charge is 2.34. The van der Waals surface area contributed by atoms with Crippen LogP contribution in [0.15, 0.2) is 18.2 Å². The Labute approximate surface area is 147 Å². The predicted molar refractivity (Wildman–Crippen MR) is 88.2 cm³/mol. The van der Waals surface area contributed by atoms with Gasteiger partial charge in [0.25, 0.3) is 5.91 Å². The first-order valence-electron chi connectivity index (χ1n) is 8.19. The van der Waals surface area contributed by atoms with Crippen LogP contribution in [-0.4, -0.2) is 55.8 Å². The fraction of sp³-hybridized carbons (Fsp3) is 0.500. The van der Waals surface area contributed by atoms with Crippen LogP contribution in [0.4, 0.5) is 29.3 Å². The van der Waals surface area contributed by atoms with Crippen molar-refractivity contribution in [2.24, 2.45) is 5.92 Å². The maximum Gasteiger partial charge on any atom is 0.401 e. The van der Waals surface area contributed by atoms with Crippen molar-refractivity contribution in [1.82, 2.24) is 10.2 Å². The zero-order valence-corrected chi connectivity index (χ0v) is 13.9. The second-order valence-electron chi connectivity index (χ2n) is 6.39. The van der Waals surface area contributed by atoms with Crippen LogP contribution in [0, 0.1) is 5.92 Å². The van der Waals surface area contributed by atoms with Crippen LogP contribution in [0.1, 0.15) is 6.42 Å². The molecule has 0 spiro atoms. The fourth-order valence-corrected chi connectivity index (χ4v) is 3.04. The second-order valence-corrected chi connectivity index (χ2v) is 6.39. The van der Waals surface area contributed by atoms with Crippen LogP contribution in [0.5, 0.6) is 5.75 Å². The molecule has 142 valence electrons. The predicted octanol–water partition coefficient (Wildman–Crippen LogP) is 2.02. The number of ether oxygens (including phenoxy) is 1. The lowest BCUT2D eigenvalue weighted by Gasteiger charge is -2.19. The van der Waals surface area contributed by atoms with E-state index in [-0.39, 0.29) is 18.4 Å². The molecule has 1 aromatic rings. The Kier molecular flexibility index (Phi) is 5.21. The number of nitrogens with one attached hydrogen (secondary N) is 3. The molecule has 0 aliphatic carbocycles. The maximum atomic E-state index is 12.4. The zero-order valence-electron chi connectivity index (χ0n) is 13.9. The normalized spacial score (nSPS) is 20.1. The van der Waals surface area contributed by atoms with Gasteiger partial charge in [-0.2, -0.15) is 13.2 Å². The van der Waals surface area contributed by atoms with Gasteiger partial charge in [0.1, 0.15) is 5.75 Å². The molecule has 7 nitrogen and oxygen atoms in total. The van der Waals surface area contributed by atoms with Gasteiger partial charge in [0.05, 0.1) is 12.2 Å². The number of hydrogen-bond donors (Lipinski definition) is 3. The molecule has 2 aliphatic heterocycles. The minimum atomic E-state index is -4.20. The average Bonchev–Trinajstić information content (AvgIpc) is 2.98. The molecule has 10 heteroatoms. The molecule has 3 N–H and O–H groups in total. The Morgan fingerprint density at radius 1 is 1.38 bits per heavy atom. The molecule has 0 saturated carbocycles. The quantitative estimate of drug-likeness (QED) is 0.755. The molecule has 0 aromatic heterocycles. The first kappa shape index (κ1) is 18.3. The van der Waals surface area contributed by atoms with Gasteiger partial charge in [-0.3, -0.25) is 9.69 Å². The monoisotopic (exact) mass is 372 g/mol. The van der Waals surface area contributed by atoms with Gasteiger partial charge < -0.3 is 20.7 Å². The van der Waals surface area contributed by atoms with E-state index in [0.717, 1.165) is 0 Å². The van der Waals surface area contributed by atoms with Gasteiger partial charge >= 0.3 is 12.2 Å². The Morgan fingerprint density at radius 2 is 2.19 bits per heavy atom. The molecule has 3 rings (SSSR count). The number of benzene rings is 1. The van der Waals surface area contributed by atoms with Gasteiger partial charge in [0.2, 0.25) is 0 Å². The molecule has 1 unspecified atom stereocenters. The summed E-state index contributed by atoms with van der Waals surface area (Å²) >= 11 is 0. The summed E-state index contributed by atoms with van der Waals surface area (Å²) in [7, 11) is 0. The van der Waals surface area contributed by atoms with E-state index in [9.17, 15) is 22.8 Å². The summed E-state index contributed by atoms with van der Waals surface area (Å²) in [6.45, 7) is -0.00860. The molecular formula is C16H19F3N4O3. The van der Waals surface area contributed by atoms with Crippen molar-refractivity contribution in [2.75, 3.05) is 43.4 Å². The highest BCUT2D eigenvalue weighted by atomic mass is 19.4. The Hall–Kier alpha value is -2.49.